The van der Waals surface area contributed by atoms with Crippen molar-refractivity contribution >= 4 is 40.8 Å². The molecule has 3 rings (SSSR count). The van der Waals surface area contributed by atoms with E-state index in [1.165, 1.54) is 0 Å². The van der Waals surface area contributed by atoms with Gasteiger partial charge in [0.15, 0.2) is 0 Å². The molecule has 18 heavy (non-hydrogen) atoms. The van der Waals surface area contributed by atoms with Crippen molar-refractivity contribution in [2.75, 3.05) is 0 Å². The quantitative estimate of drug-likeness (QED) is 0.560. The Labute approximate surface area is 110 Å². The predicted octanol–water partition coefficient (Wildman–Crippen LogP) is 3.55. The third-order valence-electron chi connectivity index (χ3n) is 2.96. The highest BCUT2D eigenvalue weighted by molar-refractivity contribution is 6.32. The first kappa shape index (κ1) is 11.4. The molecule has 0 aliphatic carbocycles. The Bertz CT molecular complexity index is 727. The summed E-state index contributed by atoms with van der Waals surface area (Å²) in [5.74, 6) is 0.628. The summed E-state index contributed by atoms with van der Waals surface area (Å²) >= 11 is 6.04. The molecule has 1 radical (unpaired) electrons. The normalized spacial score (nSPS) is 10.8. The Hall–Kier alpha value is -1.71. The van der Waals surface area contributed by atoms with Gasteiger partial charge in [-0.15, -0.1) is 0 Å². The summed E-state index contributed by atoms with van der Waals surface area (Å²) in [4.78, 5) is 0. The van der Waals surface area contributed by atoms with Crippen molar-refractivity contribution in [2.45, 2.75) is 0 Å². The maximum atomic E-state index is 8.83. The van der Waals surface area contributed by atoms with Crippen LogP contribution in [0.25, 0.3) is 21.5 Å². The molecule has 0 atom stereocenters. The monoisotopic (exact) mass is 255 g/mol. The van der Waals surface area contributed by atoms with E-state index in [1.807, 2.05) is 48.5 Å². The van der Waals surface area contributed by atoms with Gasteiger partial charge in [-0.05, 0) is 34.4 Å². The molecule has 3 aromatic carbocycles. The summed E-state index contributed by atoms with van der Waals surface area (Å²) in [6.45, 7) is 0. The van der Waals surface area contributed by atoms with Crippen LogP contribution >= 0.6 is 11.6 Å². The molecule has 0 heterocycles. The first-order valence-corrected chi connectivity index (χ1v) is 5.91. The number of rotatable bonds is 2. The fourth-order valence-corrected chi connectivity index (χ4v) is 2.37. The van der Waals surface area contributed by atoms with Gasteiger partial charge in [0.05, 0.1) is 0 Å². The van der Waals surface area contributed by atoms with Crippen molar-refractivity contribution in [3.8, 4) is 5.75 Å². The van der Waals surface area contributed by atoms with Crippen LogP contribution in [0.4, 0.5) is 0 Å². The molecule has 4 heteroatoms. The van der Waals surface area contributed by atoms with Gasteiger partial charge in [-0.1, -0.05) is 41.9 Å². The molecular weight excluding hydrogens is 246 g/mol. The minimum Gasteiger partial charge on any atom is -0.537 e. The summed E-state index contributed by atoms with van der Waals surface area (Å²) in [5.41, 5.74) is 0. The van der Waals surface area contributed by atoms with Crippen LogP contribution in [0.2, 0.25) is 5.02 Å². The topological polar surface area (TPSA) is 29.5 Å². The summed E-state index contributed by atoms with van der Waals surface area (Å²) in [6.07, 6.45) is 0. The van der Waals surface area contributed by atoms with E-state index in [4.69, 9.17) is 21.3 Å². The maximum absolute atomic E-state index is 8.83. The number of hydrogen-bond acceptors (Lipinski definition) is 2. The highest BCUT2D eigenvalue weighted by atomic mass is 35.5. The van der Waals surface area contributed by atoms with Crippen molar-refractivity contribution in [2.24, 2.45) is 0 Å². The minimum atomic E-state index is 0.628. The SMILES string of the molecule is O[B]Oc1cc2ccc(Cl)cc2c2ccccc12. The molecule has 0 aliphatic heterocycles. The van der Waals surface area contributed by atoms with E-state index in [0.29, 0.717) is 18.5 Å². The van der Waals surface area contributed by atoms with Gasteiger partial charge in [-0.3, -0.25) is 0 Å². The Morgan fingerprint density at radius 1 is 0.944 bits per heavy atom. The Morgan fingerprint density at radius 3 is 2.50 bits per heavy atom. The van der Waals surface area contributed by atoms with Gasteiger partial charge in [0.2, 0.25) is 0 Å². The molecule has 0 bridgehead atoms. The van der Waals surface area contributed by atoms with Gasteiger partial charge in [-0.2, -0.15) is 0 Å². The van der Waals surface area contributed by atoms with Gasteiger partial charge in [-0.25, -0.2) is 0 Å². The van der Waals surface area contributed by atoms with Crippen molar-refractivity contribution in [3.05, 3.63) is 53.6 Å². The Balaban J connectivity index is 2.45. The van der Waals surface area contributed by atoms with E-state index in [-0.39, 0.29) is 0 Å². The summed E-state index contributed by atoms with van der Waals surface area (Å²) < 4.78 is 5.16. The van der Waals surface area contributed by atoms with Crippen LogP contribution in [0, 0.1) is 0 Å². The van der Waals surface area contributed by atoms with E-state index in [2.05, 4.69) is 0 Å². The highest BCUT2D eigenvalue weighted by Gasteiger charge is 2.07. The number of hydrogen-bond donors (Lipinski definition) is 1. The molecule has 3 aromatic rings. The molecule has 0 aliphatic rings. The molecular formula is C14H9BClO2. The third kappa shape index (κ3) is 1.82. The van der Waals surface area contributed by atoms with Gasteiger partial charge < -0.3 is 9.68 Å². The zero-order chi connectivity index (χ0) is 12.5. The molecule has 1 N–H and O–H groups in total. The second-order valence-electron chi connectivity index (χ2n) is 4.01. The first-order chi connectivity index (χ1) is 8.79. The van der Waals surface area contributed by atoms with Crippen LogP contribution in [0.1, 0.15) is 0 Å². The van der Waals surface area contributed by atoms with Crippen LogP contribution in [-0.4, -0.2) is 12.7 Å². The molecule has 0 saturated heterocycles. The van der Waals surface area contributed by atoms with Crippen LogP contribution < -0.4 is 4.65 Å². The van der Waals surface area contributed by atoms with Gasteiger partial charge >= 0.3 is 7.69 Å². The lowest BCUT2D eigenvalue weighted by Crippen LogP contribution is -2.00. The molecule has 0 saturated carbocycles. The van der Waals surface area contributed by atoms with E-state index in [0.717, 1.165) is 21.5 Å². The second-order valence-corrected chi connectivity index (χ2v) is 4.45. The van der Waals surface area contributed by atoms with Crippen molar-refractivity contribution in [1.29, 1.82) is 0 Å². The second kappa shape index (κ2) is 4.52. The number of fused-ring (bicyclic) bond motifs is 3. The van der Waals surface area contributed by atoms with Crippen LogP contribution in [0.15, 0.2) is 48.5 Å². The van der Waals surface area contributed by atoms with Crippen LogP contribution in [0.5, 0.6) is 5.75 Å². The smallest absolute Gasteiger partial charge is 0.537 e. The fraction of sp³-hybridized carbons (Fsp3) is 0. The largest absolute Gasteiger partial charge is 0.569 e. The lowest BCUT2D eigenvalue weighted by atomic mass is 10.0. The van der Waals surface area contributed by atoms with E-state index < -0.39 is 0 Å². The predicted molar refractivity (Wildman–Crippen MR) is 75.1 cm³/mol. The van der Waals surface area contributed by atoms with Gasteiger partial charge in [0.25, 0.3) is 0 Å². The molecule has 0 spiro atoms. The molecule has 87 valence electrons. The van der Waals surface area contributed by atoms with E-state index in [9.17, 15) is 0 Å². The molecule has 2 nitrogen and oxygen atoms in total. The van der Waals surface area contributed by atoms with E-state index >= 15 is 0 Å². The van der Waals surface area contributed by atoms with Crippen molar-refractivity contribution in [3.63, 3.8) is 0 Å². The van der Waals surface area contributed by atoms with Gasteiger partial charge in [0.1, 0.15) is 5.75 Å². The Kier molecular flexibility index (Phi) is 2.86. The third-order valence-corrected chi connectivity index (χ3v) is 3.20. The van der Waals surface area contributed by atoms with Gasteiger partial charge in [0, 0.05) is 10.4 Å². The standard InChI is InChI=1S/C14H9BClO2/c16-10-6-5-9-7-14(18-15-17)12-4-2-1-3-11(12)13(9)8-10/h1-8,17H. The average Bonchev–Trinajstić information content (AvgIpc) is 2.40. The van der Waals surface area contributed by atoms with Crippen molar-refractivity contribution < 1.29 is 9.68 Å². The number of halogens is 1. The number of benzene rings is 3. The van der Waals surface area contributed by atoms with E-state index in [1.54, 1.807) is 0 Å². The molecule has 0 amide bonds. The minimum absolute atomic E-state index is 0.628. The summed E-state index contributed by atoms with van der Waals surface area (Å²) in [5, 5.41) is 13.6. The fourth-order valence-electron chi connectivity index (χ4n) is 2.19. The molecule has 0 aromatic heterocycles. The maximum Gasteiger partial charge on any atom is 0.569 e. The van der Waals surface area contributed by atoms with Crippen molar-refractivity contribution in [1.82, 2.24) is 0 Å². The lowest BCUT2D eigenvalue weighted by Gasteiger charge is -2.10. The highest BCUT2D eigenvalue weighted by Crippen LogP contribution is 2.34. The zero-order valence-corrected chi connectivity index (χ0v) is 10.2. The molecule has 0 fully saturated rings. The molecule has 0 unspecified atom stereocenters. The average molecular weight is 255 g/mol. The zero-order valence-electron chi connectivity index (χ0n) is 9.43. The lowest BCUT2D eigenvalue weighted by molar-refractivity contribution is 0.457. The first-order valence-electron chi connectivity index (χ1n) is 5.53. The summed E-state index contributed by atoms with van der Waals surface area (Å²) in [6, 6.07) is 15.5. The van der Waals surface area contributed by atoms with Crippen LogP contribution in [0.3, 0.4) is 0 Å². The Morgan fingerprint density at radius 2 is 1.72 bits per heavy atom. The van der Waals surface area contributed by atoms with Crippen LogP contribution in [-0.2, 0) is 0 Å². The summed E-state index contributed by atoms with van der Waals surface area (Å²) in [7, 11) is 0.698.